The Hall–Kier alpha value is -2.33. The third-order valence-corrected chi connectivity index (χ3v) is 3.12. The van der Waals surface area contributed by atoms with Gasteiger partial charge in [0.25, 0.3) is 5.91 Å². The van der Waals surface area contributed by atoms with Crippen molar-refractivity contribution >= 4 is 23.5 Å². The van der Waals surface area contributed by atoms with Gasteiger partial charge in [0.2, 0.25) is 6.10 Å². The molecule has 108 valence electrons. The molecule has 0 bridgehead atoms. The quantitative estimate of drug-likeness (QED) is 0.863. The van der Waals surface area contributed by atoms with Gasteiger partial charge in [-0.2, -0.15) is 0 Å². The minimum Gasteiger partial charge on any atom is -0.447 e. The van der Waals surface area contributed by atoms with Crippen molar-refractivity contribution in [2.45, 2.75) is 12.5 Å². The Kier molecular flexibility index (Phi) is 4.95. The normalized spacial score (nSPS) is 11.7. The van der Waals surface area contributed by atoms with Gasteiger partial charge in [-0.05, 0) is 17.7 Å². The molecule has 21 heavy (non-hydrogen) atoms. The molecule has 1 amide bonds. The van der Waals surface area contributed by atoms with Gasteiger partial charge in [0.15, 0.2) is 0 Å². The summed E-state index contributed by atoms with van der Waals surface area (Å²) in [5.74, 6) is -1.23. The van der Waals surface area contributed by atoms with Crippen molar-refractivity contribution in [2.75, 3.05) is 0 Å². The summed E-state index contributed by atoms with van der Waals surface area (Å²) in [5.41, 5.74) is 6.60. The van der Waals surface area contributed by atoms with Gasteiger partial charge < -0.3 is 10.5 Å². The maximum Gasteiger partial charge on any atom is 0.311 e. The number of primary amides is 1. The number of halogens is 1. The molecule has 0 spiro atoms. The van der Waals surface area contributed by atoms with E-state index in [9.17, 15) is 9.59 Å². The maximum atomic E-state index is 11.9. The van der Waals surface area contributed by atoms with E-state index in [4.69, 9.17) is 22.1 Å². The predicted octanol–water partition coefficient (Wildman–Crippen LogP) is 2.65. The first-order valence-electron chi connectivity index (χ1n) is 6.34. The lowest BCUT2D eigenvalue weighted by molar-refractivity contribution is -0.154. The molecule has 2 aromatic rings. The molecule has 0 heterocycles. The van der Waals surface area contributed by atoms with E-state index in [0.29, 0.717) is 10.6 Å². The highest BCUT2D eigenvalue weighted by Gasteiger charge is 2.22. The summed E-state index contributed by atoms with van der Waals surface area (Å²) in [5, 5.41) is 0.589. The number of nitrogens with two attached hydrogens (primary N) is 1. The summed E-state index contributed by atoms with van der Waals surface area (Å²) in [6.07, 6.45) is -1.03. The van der Waals surface area contributed by atoms with Gasteiger partial charge in [0, 0.05) is 10.6 Å². The van der Waals surface area contributed by atoms with Crippen molar-refractivity contribution in [3.63, 3.8) is 0 Å². The Labute approximate surface area is 127 Å². The Balaban J connectivity index is 2.05. The molecule has 0 fully saturated rings. The van der Waals surface area contributed by atoms with Gasteiger partial charge in [0.05, 0.1) is 6.42 Å². The summed E-state index contributed by atoms with van der Waals surface area (Å²) in [6.45, 7) is 0. The first-order chi connectivity index (χ1) is 10.1. The molecule has 0 aliphatic carbocycles. The fourth-order valence-corrected chi connectivity index (χ4v) is 1.99. The summed E-state index contributed by atoms with van der Waals surface area (Å²) < 4.78 is 5.19. The number of rotatable bonds is 5. The third-order valence-electron chi connectivity index (χ3n) is 2.87. The smallest absolute Gasteiger partial charge is 0.311 e. The molecule has 1 unspecified atom stereocenters. The molecule has 1 atom stereocenters. The van der Waals surface area contributed by atoms with Crippen LogP contribution in [0.3, 0.4) is 0 Å². The van der Waals surface area contributed by atoms with Crippen LogP contribution in [0.1, 0.15) is 17.2 Å². The zero-order valence-corrected chi connectivity index (χ0v) is 11.9. The highest BCUT2D eigenvalue weighted by Crippen LogP contribution is 2.18. The number of amides is 1. The van der Waals surface area contributed by atoms with Crippen LogP contribution in [0.15, 0.2) is 54.6 Å². The van der Waals surface area contributed by atoms with Crippen LogP contribution in [0.25, 0.3) is 0 Å². The van der Waals surface area contributed by atoms with E-state index in [2.05, 4.69) is 0 Å². The summed E-state index contributed by atoms with van der Waals surface area (Å²) in [7, 11) is 0. The van der Waals surface area contributed by atoms with Gasteiger partial charge in [0.1, 0.15) is 0 Å². The van der Waals surface area contributed by atoms with Crippen LogP contribution in [0, 0.1) is 0 Å². The Bertz CT molecular complexity index is 626. The second-order valence-electron chi connectivity index (χ2n) is 4.49. The molecule has 4 nitrogen and oxygen atoms in total. The molecule has 0 aromatic heterocycles. The number of ether oxygens (including phenoxy) is 1. The van der Waals surface area contributed by atoms with Gasteiger partial charge in [-0.15, -0.1) is 0 Å². The Morgan fingerprint density at radius 2 is 1.67 bits per heavy atom. The van der Waals surface area contributed by atoms with Crippen molar-refractivity contribution in [3.8, 4) is 0 Å². The first-order valence-corrected chi connectivity index (χ1v) is 6.72. The van der Waals surface area contributed by atoms with E-state index in [0.717, 1.165) is 5.56 Å². The van der Waals surface area contributed by atoms with Crippen molar-refractivity contribution in [1.82, 2.24) is 0 Å². The van der Waals surface area contributed by atoms with Crippen molar-refractivity contribution in [2.24, 2.45) is 5.73 Å². The lowest BCUT2D eigenvalue weighted by Crippen LogP contribution is -2.26. The SMILES string of the molecule is NC(=O)C(OC(=O)Cc1ccc(Cl)cc1)c1ccccc1. The zero-order valence-electron chi connectivity index (χ0n) is 11.2. The van der Waals surface area contributed by atoms with Crippen LogP contribution in [0.4, 0.5) is 0 Å². The molecule has 5 heteroatoms. The van der Waals surface area contributed by atoms with Crippen molar-refractivity contribution < 1.29 is 14.3 Å². The number of benzene rings is 2. The second kappa shape index (κ2) is 6.90. The summed E-state index contributed by atoms with van der Waals surface area (Å²) >= 11 is 5.78. The third kappa shape index (κ3) is 4.33. The first kappa shape index (κ1) is 15.1. The summed E-state index contributed by atoms with van der Waals surface area (Å²) in [4.78, 5) is 23.4. The number of hydrogen-bond acceptors (Lipinski definition) is 3. The average Bonchev–Trinajstić information content (AvgIpc) is 2.48. The Morgan fingerprint density at radius 3 is 2.24 bits per heavy atom. The topological polar surface area (TPSA) is 69.4 Å². The molecule has 0 radical (unpaired) electrons. The van der Waals surface area contributed by atoms with Crippen LogP contribution in [-0.4, -0.2) is 11.9 Å². The Morgan fingerprint density at radius 1 is 1.05 bits per heavy atom. The minimum atomic E-state index is -1.08. The minimum absolute atomic E-state index is 0.0494. The zero-order chi connectivity index (χ0) is 15.2. The average molecular weight is 304 g/mol. The molecule has 0 aliphatic heterocycles. The van der Waals surface area contributed by atoms with Gasteiger partial charge >= 0.3 is 5.97 Å². The monoisotopic (exact) mass is 303 g/mol. The molecule has 2 aromatic carbocycles. The van der Waals surface area contributed by atoms with Crippen LogP contribution in [0.5, 0.6) is 0 Å². The second-order valence-corrected chi connectivity index (χ2v) is 4.92. The van der Waals surface area contributed by atoms with E-state index < -0.39 is 18.0 Å². The largest absolute Gasteiger partial charge is 0.447 e. The van der Waals surface area contributed by atoms with Crippen LogP contribution in [0.2, 0.25) is 5.02 Å². The van der Waals surface area contributed by atoms with E-state index in [1.807, 2.05) is 0 Å². The van der Waals surface area contributed by atoms with E-state index >= 15 is 0 Å². The molecule has 2 rings (SSSR count). The van der Waals surface area contributed by atoms with Crippen LogP contribution < -0.4 is 5.73 Å². The predicted molar refractivity (Wildman–Crippen MR) is 79.6 cm³/mol. The number of esters is 1. The standard InChI is InChI=1S/C16H14ClNO3/c17-13-8-6-11(7-9-13)10-14(19)21-15(16(18)20)12-4-2-1-3-5-12/h1-9,15H,10H2,(H2,18,20). The van der Waals surface area contributed by atoms with Crippen LogP contribution >= 0.6 is 11.6 Å². The van der Waals surface area contributed by atoms with E-state index in [1.54, 1.807) is 54.6 Å². The van der Waals surface area contributed by atoms with Crippen molar-refractivity contribution in [1.29, 1.82) is 0 Å². The van der Waals surface area contributed by atoms with E-state index in [-0.39, 0.29) is 6.42 Å². The highest BCUT2D eigenvalue weighted by molar-refractivity contribution is 6.30. The fourth-order valence-electron chi connectivity index (χ4n) is 1.86. The highest BCUT2D eigenvalue weighted by atomic mass is 35.5. The van der Waals surface area contributed by atoms with Gasteiger partial charge in [-0.1, -0.05) is 54.1 Å². The molecular weight excluding hydrogens is 290 g/mol. The molecule has 2 N–H and O–H groups in total. The lowest BCUT2D eigenvalue weighted by Gasteiger charge is -2.15. The van der Waals surface area contributed by atoms with E-state index in [1.165, 1.54) is 0 Å². The summed E-state index contributed by atoms with van der Waals surface area (Å²) in [6, 6.07) is 15.5. The van der Waals surface area contributed by atoms with Crippen LogP contribution in [-0.2, 0) is 20.7 Å². The fraction of sp³-hybridized carbons (Fsp3) is 0.125. The lowest BCUT2D eigenvalue weighted by atomic mass is 10.1. The maximum absolute atomic E-state index is 11.9. The molecule has 0 saturated carbocycles. The van der Waals surface area contributed by atoms with Gasteiger partial charge in [-0.3, -0.25) is 9.59 Å². The van der Waals surface area contributed by atoms with Gasteiger partial charge in [-0.25, -0.2) is 0 Å². The molecule has 0 saturated heterocycles. The molecule has 0 aliphatic rings. The number of hydrogen-bond donors (Lipinski definition) is 1. The number of carbonyl (C=O) groups is 2. The molecular formula is C16H14ClNO3. The number of carbonyl (C=O) groups excluding carboxylic acids is 2. The van der Waals surface area contributed by atoms with Crippen molar-refractivity contribution in [3.05, 3.63) is 70.7 Å².